The van der Waals surface area contributed by atoms with Crippen LogP contribution < -0.4 is 4.90 Å². The first-order valence-electron chi connectivity index (χ1n) is 7.92. The summed E-state index contributed by atoms with van der Waals surface area (Å²) in [6.45, 7) is 3.49. The van der Waals surface area contributed by atoms with Crippen molar-refractivity contribution < 1.29 is 9.59 Å². The lowest BCUT2D eigenvalue weighted by molar-refractivity contribution is -0.119. The van der Waals surface area contributed by atoms with Crippen LogP contribution >= 0.6 is 0 Å². The van der Waals surface area contributed by atoms with E-state index in [0.29, 0.717) is 12.2 Å². The maximum Gasteiger partial charge on any atom is 0.165 e. The van der Waals surface area contributed by atoms with Crippen molar-refractivity contribution in [3.63, 3.8) is 0 Å². The van der Waals surface area contributed by atoms with Crippen LogP contribution in [0.15, 0.2) is 71.9 Å². The van der Waals surface area contributed by atoms with Crippen molar-refractivity contribution >= 4 is 23.3 Å². The first-order chi connectivity index (χ1) is 11.6. The summed E-state index contributed by atoms with van der Waals surface area (Å²) in [6.07, 6.45) is 3.82. The van der Waals surface area contributed by atoms with E-state index in [4.69, 9.17) is 0 Å². The number of hydrogen-bond acceptors (Lipinski definition) is 3. The average Bonchev–Trinajstić information content (AvgIpc) is 2.57. The minimum Gasteiger partial charge on any atom is -0.336 e. The molecule has 0 aliphatic carbocycles. The highest BCUT2D eigenvalue weighted by Gasteiger charge is 2.24. The van der Waals surface area contributed by atoms with Gasteiger partial charge in [-0.15, -0.1) is 0 Å². The zero-order valence-corrected chi connectivity index (χ0v) is 13.8. The zero-order chi connectivity index (χ0) is 17.1. The van der Waals surface area contributed by atoms with Gasteiger partial charge in [0, 0.05) is 12.2 Å². The van der Waals surface area contributed by atoms with Crippen LogP contribution in [0.4, 0.5) is 5.69 Å². The van der Waals surface area contributed by atoms with E-state index in [2.05, 4.69) is 0 Å². The summed E-state index contributed by atoms with van der Waals surface area (Å²) in [6, 6.07) is 18.0. The van der Waals surface area contributed by atoms with Crippen molar-refractivity contribution in [3.8, 4) is 0 Å². The van der Waals surface area contributed by atoms with Crippen molar-refractivity contribution in [2.24, 2.45) is 0 Å². The third-order valence-corrected chi connectivity index (χ3v) is 4.08. The number of anilines is 1. The van der Waals surface area contributed by atoms with Gasteiger partial charge in [-0.2, -0.15) is 0 Å². The number of carbonyl (C=O) groups excluding carboxylic acids is 2. The molecule has 3 heteroatoms. The van der Waals surface area contributed by atoms with E-state index in [9.17, 15) is 9.59 Å². The third-order valence-electron chi connectivity index (χ3n) is 4.08. The Morgan fingerprint density at radius 3 is 2.12 bits per heavy atom. The lowest BCUT2D eigenvalue weighted by atomic mass is 9.98. The Hall–Kier alpha value is -2.94. The number of ketones is 2. The summed E-state index contributed by atoms with van der Waals surface area (Å²) in [5.41, 5.74) is 4.10. The molecule has 120 valence electrons. The molecule has 0 bridgehead atoms. The van der Waals surface area contributed by atoms with E-state index in [-0.39, 0.29) is 17.1 Å². The fourth-order valence-corrected chi connectivity index (χ4v) is 3.03. The normalized spacial score (nSPS) is 12.8. The van der Waals surface area contributed by atoms with Crippen LogP contribution in [0.3, 0.4) is 0 Å². The number of hydrogen-bond donors (Lipinski definition) is 0. The van der Waals surface area contributed by atoms with Crippen LogP contribution in [0.1, 0.15) is 25.0 Å². The smallest absolute Gasteiger partial charge is 0.165 e. The summed E-state index contributed by atoms with van der Waals surface area (Å²) in [5.74, 6) is -0.417. The van der Waals surface area contributed by atoms with E-state index in [1.165, 1.54) is 13.8 Å². The number of para-hydroxylation sites is 1. The van der Waals surface area contributed by atoms with Crippen LogP contribution in [0.2, 0.25) is 0 Å². The van der Waals surface area contributed by atoms with E-state index in [1.54, 1.807) is 0 Å². The second-order valence-electron chi connectivity index (χ2n) is 5.84. The minimum atomic E-state index is -0.209. The first kappa shape index (κ1) is 15.9. The van der Waals surface area contributed by atoms with Crippen molar-refractivity contribution in [2.45, 2.75) is 20.4 Å². The Labute approximate surface area is 141 Å². The molecule has 0 saturated heterocycles. The van der Waals surface area contributed by atoms with Gasteiger partial charge in [-0.1, -0.05) is 54.6 Å². The molecule has 2 aromatic rings. The minimum absolute atomic E-state index is 0.209. The highest BCUT2D eigenvalue weighted by atomic mass is 16.1. The average molecular weight is 317 g/mol. The van der Waals surface area contributed by atoms with Crippen LogP contribution in [0.25, 0.3) is 6.08 Å². The van der Waals surface area contributed by atoms with Crippen LogP contribution in [-0.4, -0.2) is 11.6 Å². The summed E-state index contributed by atoms with van der Waals surface area (Å²) >= 11 is 0. The number of rotatable bonds is 4. The third kappa shape index (κ3) is 3.06. The van der Waals surface area contributed by atoms with Crippen LogP contribution in [-0.2, 0) is 16.1 Å². The molecule has 24 heavy (non-hydrogen) atoms. The molecule has 0 amide bonds. The predicted molar refractivity (Wildman–Crippen MR) is 96.5 cm³/mol. The number of benzene rings is 2. The molecule has 0 aromatic heterocycles. The number of fused-ring (bicyclic) bond motifs is 1. The molecular weight excluding hydrogens is 298 g/mol. The zero-order valence-electron chi connectivity index (χ0n) is 13.8. The van der Waals surface area contributed by atoms with Gasteiger partial charge < -0.3 is 4.90 Å². The van der Waals surface area contributed by atoms with Gasteiger partial charge in [0.25, 0.3) is 0 Å². The molecule has 1 aliphatic rings. The Morgan fingerprint density at radius 1 is 0.833 bits per heavy atom. The Morgan fingerprint density at radius 2 is 1.46 bits per heavy atom. The molecule has 1 aliphatic heterocycles. The maximum atomic E-state index is 12.1. The van der Waals surface area contributed by atoms with Crippen molar-refractivity contribution in [1.29, 1.82) is 0 Å². The van der Waals surface area contributed by atoms with Gasteiger partial charge >= 0.3 is 0 Å². The van der Waals surface area contributed by atoms with Gasteiger partial charge in [0.2, 0.25) is 0 Å². The van der Waals surface area contributed by atoms with Crippen molar-refractivity contribution in [1.82, 2.24) is 0 Å². The maximum absolute atomic E-state index is 12.1. The molecule has 0 N–H and O–H groups in total. The SMILES string of the molecule is CC(=O)C(C(C)=O)=C1C=Cc2ccccc2N1Cc1ccccc1. The molecule has 0 unspecified atom stereocenters. The van der Waals surface area contributed by atoms with Gasteiger partial charge in [0.05, 0.1) is 11.3 Å². The molecule has 0 spiro atoms. The van der Waals surface area contributed by atoms with E-state index < -0.39 is 0 Å². The summed E-state index contributed by atoms with van der Waals surface area (Å²) in [4.78, 5) is 26.2. The molecule has 0 radical (unpaired) electrons. The van der Waals surface area contributed by atoms with Crippen molar-refractivity contribution in [2.75, 3.05) is 4.90 Å². The summed E-state index contributed by atoms with van der Waals surface area (Å²) < 4.78 is 0. The molecule has 1 heterocycles. The molecule has 3 rings (SSSR count). The number of Topliss-reactive ketones (excluding diaryl/α,β-unsaturated/α-hetero) is 2. The number of allylic oxidation sites excluding steroid dienone is 2. The Bertz CT molecular complexity index is 831. The molecule has 0 fully saturated rings. The lowest BCUT2D eigenvalue weighted by Gasteiger charge is -2.31. The topological polar surface area (TPSA) is 37.4 Å². The van der Waals surface area contributed by atoms with Crippen LogP contribution in [0.5, 0.6) is 0 Å². The largest absolute Gasteiger partial charge is 0.336 e. The fourth-order valence-electron chi connectivity index (χ4n) is 3.03. The van der Waals surface area contributed by atoms with Gasteiger partial charge in [0.15, 0.2) is 11.6 Å². The van der Waals surface area contributed by atoms with Gasteiger partial charge in [-0.05, 0) is 37.1 Å². The highest BCUT2D eigenvalue weighted by Crippen LogP contribution is 2.33. The molecule has 0 atom stereocenters. The Balaban J connectivity index is 2.16. The molecule has 2 aromatic carbocycles. The van der Waals surface area contributed by atoms with Crippen molar-refractivity contribution in [3.05, 3.63) is 83.1 Å². The summed E-state index contributed by atoms with van der Waals surface area (Å²) in [5, 5.41) is 0. The number of carbonyl (C=O) groups is 2. The monoisotopic (exact) mass is 317 g/mol. The fraction of sp³-hybridized carbons (Fsp3) is 0.143. The molecular formula is C21H19NO2. The first-order valence-corrected chi connectivity index (χ1v) is 7.92. The lowest BCUT2D eigenvalue weighted by Crippen LogP contribution is -2.28. The molecule has 3 nitrogen and oxygen atoms in total. The highest BCUT2D eigenvalue weighted by molar-refractivity contribution is 6.20. The second-order valence-corrected chi connectivity index (χ2v) is 5.84. The predicted octanol–water partition coefficient (Wildman–Crippen LogP) is 4.15. The Kier molecular flexibility index (Phi) is 4.43. The van der Waals surface area contributed by atoms with E-state index in [0.717, 1.165) is 16.8 Å². The summed E-state index contributed by atoms with van der Waals surface area (Å²) in [7, 11) is 0. The van der Waals surface area contributed by atoms with Gasteiger partial charge in [0.1, 0.15) is 0 Å². The standard InChI is InChI=1S/C21H19NO2/c1-15(23)21(16(2)24)20-13-12-18-10-6-7-11-19(18)22(20)14-17-8-4-3-5-9-17/h3-13H,14H2,1-2H3. The second kappa shape index (κ2) is 6.67. The molecule has 0 saturated carbocycles. The van der Waals surface area contributed by atoms with E-state index in [1.807, 2.05) is 71.6 Å². The van der Waals surface area contributed by atoms with Gasteiger partial charge in [-0.3, -0.25) is 9.59 Å². The number of nitrogens with zero attached hydrogens (tertiary/aromatic N) is 1. The van der Waals surface area contributed by atoms with E-state index >= 15 is 0 Å². The van der Waals surface area contributed by atoms with Gasteiger partial charge in [-0.25, -0.2) is 0 Å². The van der Waals surface area contributed by atoms with Crippen LogP contribution in [0, 0.1) is 0 Å². The quantitative estimate of drug-likeness (QED) is 0.483.